The average molecular weight is 261 g/mol. The number of sulfonamides is 1. The van der Waals surface area contributed by atoms with Gasteiger partial charge < -0.3 is 0 Å². The van der Waals surface area contributed by atoms with Gasteiger partial charge in [0.2, 0.25) is 10.0 Å². The van der Waals surface area contributed by atoms with Gasteiger partial charge in [0, 0.05) is 19.2 Å². The zero-order chi connectivity index (χ0) is 12.5. The van der Waals surface area contributed by atoms with Crippen molar-refractivity contribution in [2.24, 2.45) is 0 Å². The molecule has 94 valence electrons. The summed E-state index contributed by atoms with van der Waals surface area (Å²) < 4.78 is 51.5. The lowest BCUT2D eigenvalue weighted by Gasteiger charge is -2.25. The first-order chi connectivity index (χ1) is 8.00. The van der Waals surface area contributed by atoms with Gasteiger partial charge in [-0.1, -0.05) is 6.42 Å². The zero-order valence-corrected chi connectivity index (χ0v) is 10.0. The molecule has 0 aliphatic carbocycles. The maximum Gasteiger partial charge on any atom is 0.243 e. The van der Waals surface area contributed by atoms with Crippen molar-refractivity contribution in [2.45, 2.75) is 24.2 Å². The van der Waals surface area contributed by atoms with Crippen molar-refractivity contribution < 1.29 is 17.2 Å². The third-order valence-electron chi connectivity index (χ3n) is 2.79. The van der Waals surface area contributed by atoms with Crippen LogP contribution in [0.3, 0.4) is 0 Å². The first-order valence-electron chi connectivity index (χ1n) is 5.46. The maximum absolute atomic E-state index is 13.0. The molecule has 0 amide bonds. The summed E-state index contributed by atoms with van der Waals surface area (Å²) in [6.45, 7) is 0.834. The van der Waals surface area contributed by atoms with E-state index in [0.717, 1.165) is 31.4 Å². The summed E-state index contributed by atoms with van der Waals surface area (Å²) in [6, 6.07) is 2.37. The smallest absolute Gasteiger partial charge is 0.207 e. The summed E-state index contributed by atoms with van der Waals surface area (Å²) in [5.41, 5.74) is 0. The summed E-state index contributed by atoms with van der Waals surface area (Å²) in [6.07, 6.45) is 2.57. The third kappa shape index (κ3) is 2.63. The first-order valence-corrected chi connectivity index (χ1v) is 6.90. The van der Waals surface area contributed by atoms with E-state index in [-0.39, 0.29) is 4.90 Å². The van der Waals surface area contributed by atoms with Crippen LogP contribution in [0.1, 0.15) is 19.3 Å². The van der Waals surface area contributed by atoms with Gasteiger partial charge in [0.25, 0.3) is 0 Å². The van der Waals surface area contributed by atoms with Crippen molar-refractivity contribution in [2.75, 3.05) is 13.1 Å². The Labute approximate surface area is 99.1 Å². The fourth-order valence-corrected chi connectivity index (χ4v) is 3.49. The number of rotatable bonds is 2. The molecule has 0 saturated carbocycles. The van der Waals surface area contributed by atoms with Crippen LogP contribution in [0.2, 0.25) is 0 Å². The SMILES string of the molecule is O=S(=O)(c1cc(F)cc(F)c1)N1CCCCC1. The molecule has 17 heavy (non-hydrogen) atoms. The lowest BCUT2D eigenvalue weighted by Crippen LogP contribution is -2.35. The van der Waals surface area contributed by atoms with Crippen molar-refractivity contribution in [3.05, 3.63) is 29.8 Å². The van der Waals surface area contributed by atoms with Crippen molar-refractivity contribution in [1.29, 1.82) is 0 Å². The van der Waals surface area contributed by atoms with Crippen LogP contribution in [-0.2, 0) is 10.0 Å². The van der Waals surface area contributed by atoms with E-state index in [9.17, 15) is 17.2 Å². The second-order valence-electron chi connectivity index (χ2n) is 4.07. The molecule has 1 saturated heterocycles. The molecule has 6 heteroatoms. The molecule has 0 bridgehead atoms. The van der Waals surface area contributed by atoms with Crippen LogP contribution < -0.4 is 0 Å². The molecule has 0 unspecified atom stereocenters. The minimum atomic E-state index is -3.75. The largest absolute Gasteiger partial charge is 0.243 e. The Morgan fingerprint density at radius 1 is 0.941 bits per heavy atom. The highest BCUT2D eigenvalue weighted by atomic mass is 32.2. The molecule has 3 nitrogen and oxygen atoms in total. The van der Waals surface area contributed by atoms with Crippen LogP contribution in [0.5, 0.6) is 0 Å². The Kier molecular flexibility index (Phi) is 3.44. The Morgan fingerprint density at radius 2 is 1.47 bits per heavy atom. The molecule has 1 aromatic rings. The monoisotopic (exact) mass is 261 g/mol. The molecule has 1 aliphatic rings. The van der Waals surface area contributed by atoms with Gasteiger partial charge in [-0.05, 0) is 25.0 Å². The van der Waals surface area contributed by atoms with Crippen LogP contribution in [-0.4, -0.2) is 25.8 Å². The fourth-order valence-electron chi connectivity index (χ4n) is 1.93. The summed E-state index contributed by atoms with van der Waals surface area (Å²) in [7, 11) is -3.75. The molecule has 1 heterocycles. The Hall–Kier alpha value is -1.01. The van der Waals surface area contributed by atoms with Gasteiger partial charge >= 0.3 is 0 Å². The molecule has 1 aliphatic heterocycles. The van der Waals surface area contributed by atoms with Gasteiger partial charge in [0.15, 0.2) is 0 Å². The quantitative estimate of drug-likeness (QED) is 0.818. The number of piperidine rings is 1. The van der Waals surface area contributed by atoms with Crippen molar-refractivity contribution in [3.63, 3.8) is 0 Å². The van der Waals surface area contributed by atoms with E-state index in [2.05, 4.69) is 0 Å². The van der Waals surface area contributed by atoms with Crippen molar-refractivity contribution in [1.82, 2.24) is 4.31 Å². The molecule has 0 aromatic heterocycles. The lowest BCUT2D eigenvalue weighted by atomic mass is 10.2. The standard InChI is InChI=1S/C11H13F2NO2S/c12-9-6-10(13)8-11(7-9)17(15,16)14-4-2-1-3-5-14/h6-8H,1-5H2. The minimum Gasteiger partial charge on any atom is -0.207 e. The second kappa shape index (κ2) is 4.70. The predicted molar refractivity (Wildman–Crippen MR) is 59.0 cm³/mol. The number of benzene rings is 1. The van der Waals surface area contributed by atoms with Gasteiger partial charge in [-0.3, -0.25) is 0 Å². The van der Waals surface area contributed by atoms with Gasteiger partial charge in [-0.15, -0.1) is 0 Å². The van der Waals surface area contributed by atoms with Crippen LogP contribution in [0.25, 0.3) is 0 Å². The van der Waals surface area contributed by atoms with Gasteiger partial charge in [0.05, 0.1) is 4.90 Å². The minimum absolute atomic E-state index is 0.308. The Balaban J connectivity index is 2.36. The van der Waals surface area contributed by atoms with E-state index >= 15 is 0 Å². The number of halogens is 2. The van der Waals surface area contributed by atoms with Gasteiger partial charge in [-0.2, -0.15) is 4.31 Å². The average Bonchev–Trinajstić information content (AvgIpc) is 2.29. The summed E-state index contributed by atoms with van der Waals surface area (Å²) in [5, 5.41) is 0. The second-order valence-corrected chi connectivity index (χ2v) is 6.01. The molecule has 1 fully saturated rings. The highest BCUT2D eigenvalue weighted by molar-refractivity contribution is 7.89. The molecule has 0 N–H and O–H groups in total. The highest BCUT2D eigenvalue weighted by Crippen LogP contribution is 2.21. The molecule has 0 spiro atoms. The fraction of sp³-hybridized carbons (Fsp3) is 0.455. The zero-order valence-electron chi connectivity index (χ0n) is 9.20. The number of hydrogen-bond acceptors (Lipinski definition) is 2. The van der Waals surface area contributed by atoms with E-state index < -0.39 is 21.7 Å². The van der Waals surface area contributed by atoms with Crippen LogP contribution >= 0.6 is 0 Å². The van der Waals surface area contributed by atoms with E-state index in [0.29, 0.717) is 19.2 Å². The molecular weight excluding hydrogens is 248 g/mol. The van der Waals surface area contributed by atoms with Crippen LogP contribution in [0.15, 0.2) is 23.1 Å². The van der Waals surface area contributed by atoms with Crippen molar-refractivity contribution in [3.8, 4) is 0 Å². The lowest BCUT2D eigenvalue weighted by molar-refractivity contribution is 0.346. The third-order valence-corrected chi connectivity index (χ3v) is 4.67. The van der Waals surface area contributed by atoms with Crippen molar-refractivity contribution >= 4 is 10.0 Å². The van der Waals surface area contributed by atoms with Crippen LogP contribution in [0, 0.1) is 11.6 Å². The normalized spacial score (nSPS) is 18.2. The maximum atomic E-state index is 13.0. The molecule has 2 rings (SSSR count). The predicted octanol–water partition coefficient (Wildman–Crippen LogP) is 2.14. The van der Waals surface area contributed by atoms with E-state index in [1.807, 2.05) is 0 Å². The van der Waals surface area contributed by atoms with Gasteiger partial charge in [-0.25, -0.2) is 17.2 Å². The number of hydrogen-bond donors (Lipinski definition) is 0. The Morgan fingerprint density at radius 3 is 2.00 bits per heavy atom. The molecular formula is C11H13F2NO2S. The molecule has 0 atom stereocenters. The Bertz CT molecular complexity index is 490. The first kappa shape index (κ1) is 12.4. The van der Waals surface area contributed by atoms with E-state index in [4.69, 9.17) is 0 Å². The highest BCUT2D eigenvalue weighted by Gasteiger charge is 2.26. The molecule has 0 radical (unpaired) electrons. The van der Waals surface area contributed by atoms with E-state index in [1.165, 1.54) is 4.31 Å². The topological polar surface area (TPSA) is 37.4 Å². The van der Waals surface area contributed by atoms with Gasteiger partial charge in [0.1, 0.15) is 11.6 Å². The number of nitrogens with zero attached hydrogens (tertiary/aromatic N) is 1. The van der Waals surface area contributed by atoms with Crippen LogP contribution in [0.4, 0.5) is 8.78 Å². The molecule has 1 aromatic carbocycles. The summed E-state index contributed by atoms with van der Waals surface area (Å²) in [4.78, 5) is -0.308. The summed E-state index contributed by atoms with van der Waals surface area (Å²) >= 11 is 0. The van der Waals surface area contributed by atoms with E-state index in [1.54, 1.807) is 0 Å². The summed E-state index contributed by atoms with van der Waals surface area (Å²) in [5.74, 6) is -1.75.